The van der Waals surface area contributed by atoms with Crippen molar-refractivity contribution in [3.05, 3.63) is 35.4 Å². The van der Waals surface area contributed by atoms with Gasteiger partial charge in [0.2, 0.25) is 5.91 Å². The first-order chi connectivity index (χ1) is 13.2. The van der Waals surface area contributed by atoms with E-state index in [1.54, 1.807) is 18.2 Å². The fourth-order valence-electron chi connectivity index (χ4n) is 3.24. The lowest BCUT2D eigenvalue weighted by Gasteiger charge is -2.26. The predicted molar refractivity (Wildman–Crippen MR) is 96.7 cm³/mol. The average Bonchev–Trinajstić information content (AvgIpc) is 3.06. The van der Waals surface area contributed by atoms with E-state index in [9.17, 15) is 9.59 Å². The van der Waals surface area contributed by atoms with E-state index in [2.05, 4.69) is 16.3 Å². The zero-order valence-electron chi connectivity index (χ0n) is 15.2. The summed E-state index contributed by atoms with van der Waals surface area (Å²) in [4.78, 5) is 28.2. The third-order valence-electron chi connectivity index (χ3n) is 4.74. The Morgan fingerprint density at radius 2 is 2.15 bits per heavy atom. The van der Waals surface area contributed by atoms with Gasteiger partial charge in [-0.2, -0.15) is 5.26 Å². The number of rotatable bonds is 7. The van der Waals surface area contributed by atoms with Gasteiger partial charge in [-0.05, 0) is 30.7 Å². The second-order valence-electron chi connectivity index (χ2n) is 6.63. The van der Waals surface area contributed by atoms with Crippen LogP contribution < -0.4 is 5.32 Å². The fourth-order valence-corrected chi connectivity index (χ4v) is 3.24. The van der Waals surface area contributed by atoms with Gasteiger partial charge in [-0.3, -0.25) is 14.6 Å². The molecule has 0 bridgehead atoms. The average molecular weight is 372 g/mol. The van der Waals surface area contributed by atoms with Gasteiger partial charge >= 0.3 is 6.09 Å². The molecule has 27 heavy (non-hydrogen) atoms. The van der Waals surface area contributed by atoms with Crippen LogP contribution in [0.1, 0.15) is 17.5 Å². The molecule has 0 spiro atoms. The van der Waals surface area contributed by atoms with Crippen molar-refractivity contribution in [3.8, 4) is 6.07 Å². The molecule has 1 atom stereocenters. The summed E-state index contributed by atoms with van der Waals surface area (Å²) in [5.74, 6) is -0.209. The molecule has 2 amide bonds. The van der Waals surface area contributed by atoms with Crippen molar-refractivity contribution < 1.29 is 19.1 Å². The van der Waals surface area contributed by atoms with E-state index >= 15 is 0 Å². The number of carbonyl (C=O) groups excluding carboxylic acids is 2. The van der Waals surface area contributed by atoms with E-state index in [0.717, 1.165) is 44.8 Å². The number of morpholine rings is 1. The third kappa shape index (κ3) is 5.18. The van der Waals surface area contributed by atoms with Crippen molar-refractivity contribution in [1.29, 1.82) is 5.26 Å². The molecule has 2 aliphatic rings. The summed E-state index contributed by atoms with van der Waals surface area (Å²) >= 11 is 0. The highest BCUT2D eigenvalue weighted by Gasteiger charge is 2.37. The van der Waals surface area contributed by atoms with Crippen LogP contribution in [0.25, 0.3) is 0 Å². The van der Waals surface area contributed by atoms with Crippen molar-refractivity contribution in [2.24, 2.45) is 0 Å². The first kappa shape index (κ1) is 19.1. The second kappa shape index (κ2) is 9.35. The second-order valence-corrected chi connectivity index (χ2v) is 6.63. The SMILES string of the molecule is N#Cc1cccc(CN2C(=O)OC[C@H]2C(=O)NCCCN2CCOCC2)c1. The van der Waals surface area contributed by atoms with Crippen molar-refractivity contribution in [3.63, 3.8) is 0 Å². The lowest BCUT2D eigenvalue weighted by Crippen LogP contribution is -2.46. The maximum absolute atomic E-state index is 12.5. The molecule has 144 valence electrons. The van der Waals surface area contributed by atoms with Crippen LogP contribution in [0.2, 0.25) is 0 Å². The summed E-state index contributed by atoms with van der Waals surface area (Å²) in [6.07, 6.45) is 0.336. The molecule has 1 N–H and O–H groups in total. The minimum atomic E-state index is -0.647. The van der Waals surface area contributed by atoms with Gasteiger partial charge in [-0.15, -0.1) is 0 Å². The van der Waals surface area contributed by atoms with Crippen molar-refractivity contribution >= 4 is 12.0 Å². The predicted octanol–water partition coefficient (Wildman–Crippen LogP) is 0.718. The first-order valence-corrected chi connectivity index (χ1v) is 9.17. The molecule has 2 saturated heterocycles. The van der Waals surface area contributed by atoms with Crippen LogP contribution in [0.4, 0.5) is 4.79 Å². The van der Waals surface area contributed by atoms with E-state index in [1.807, 2.05) is 6.07 Å². The number of nitrogens with zero attached hydrogens (tertiary/aromatic N) is 3. The van der Waals surface area contributed by atoms with Crippen molar-refractivity contribution in [2.45, 2.75) is 19.0 Å². The van der Waals surface area contributed by atoms with Crippen LogP contribution in [-0.4, -0.2) is 73.8 Å². The molecule has 2 fully saturated rings. The van der Waals surface area contributed by atoms with Gasteiger partial charge in [0.25, 0.3) is 0 Å². The van der Waals surface area contributed by atoms with Gasteiger partial charge in [0.15, 0.2) is 0 Å². The minimum absolute atomic E-state index is 0.0477. The largest absolute Gasteiger partial charge is 0.447 e. The number of carbonyl (C=O) groups is 2. The van der Waals surface area contributed by atoms with Crippen LogP contribution in [0.15, 0.2) is 24.3 Å². The van der Waals surface area contributed by atoms with E-state index in [0.29, 0.717) is 12.1 Å². The molecule has 0 unspecified atom stereocenters. The van der Waals surface area contributed by atoms with Gasteiger partial charge in [0.1, 0.15) is 12.6 Å². The third-order valence-corrected chi connectivity index (χ3v) is 4.74. The molecular weight excluding hydrogens is 348 g/mol. The van der Waals surface area contributed by atoms with Crippen LogP contribution in [0.3, 0.4) is 0 Å². The Balaban J connectivity index is 1.49. The molecule has 2 heterocycles. The molecule has 3 rings (SSSR count). The number of ether oxygens (including phenoxy) is 2. The number of benzene rings is 1. The topological polar surface area (TPSA) is 94.9 Å². The zero-order chi connectivity index (χ0) is 19.1. The van der Waals surface area contributed by atoms with Gasteiger partial charge in [-0.1, -0.05) is 12.1 Å². The van der Waals surface area contributed by atoms with Crippen LogP contribution in [0.5, 0.6) is 0 Å². The molecule has 0 radical (unpaired) electrons. The van der Waals surface area contributed by atoms with Gasteiger partial charge < -0.3 is 14.8 Å². The van der Waals surface area contributed by atoms with E-state index in [-0.39, 0.29) is 19.1 Å². The van der Waals surface area contributed by atoms with Gasteiger partial charge in [0.05, 0.1) is 31.4 Å². The van der Waals surface area contributed by atoms with E-state index in [4.69, 9.17) is 14.7 Å². The maximum Gasteiger partial charge on any atom is 0.410 e. The summed E-state index contributed by atoms with van der Waals surface area (Å²) in [6.45, 7) is 5.12. The standard InChI is InChI=1S/C19H24N4O4/c20-12-15-3-1-4-16(11-15)13-23-17(14-27-19(23)25)18(24)21-5-2-6-22-7-9-26-10-8-22/h1,3-4,11,17H,2,5-10,13-14H2,(H,21,24)/t17-/m0/s1. The summed E-state index contributed by atoms with van der Waals surface area (Å²) < 4.78 is 10.4. The Morgan fingerprint density at radius 1 is 1.33 bits per heavy atom. The molecule has 8 nitrogen and oxygen atoms in total. The summed E-state index contributed by atoms with van der Waals surface area (Å²) in [7, 11) is 0. The highest BCUT2D eigenvalue weighted by Crippen LogP contribution is 2.17. The Morgan fingerprint density at radius 3 is 2.93 bits per heavy atom. The molecule has 0 aliphatic carbocycles. The normalized spacial score (nSPS) is 20.2. The number of cyclic esters (lactones) is 1. The monoisotopic (exact) mass is 372 g/mol. The smallest absolute Gasteiger partial charge is 0.410 e. The molecule has 1 aromatic rings. The quantitative estimate of drug-likeness (QED) is 0.709. The summed E-state index contributed by atoms with van der Waals surface area (Å²) in [5.41, 5.74) is 1.31. The maximum atomic E-state index is 12.5. The fraction of sp³-hybridized carbons (Fsp3) is 0.526. The lowest BCUT2D eigenvalue weighted by atomic mass is 10.1. The van der Waals surface area contributed by atoms with E-state index < -0.39 is 12.1 Å². The molecular formula is C19H24N4O4. The lowest BCUT2D eigenvalue weighted by molar-refractivity contribution is -0.125. The molecule has 1 aromatic carbocycles. The highest BCUT2D eigenvalue weighted by molar-refractivity contribution is 5.87. The number of amides is 2. The Hall–Kier alpha value is -2.63. The van der Waals surface area contributed by atoms with Crippen molar-refractivity contribution in [1.82, 2.24) is 15.1 Å². The Bertz CT molecular complexity index is 712. The molecule has 0 aromatic heterocycles. The molecule has 2 aliphatic heterocycles. The first-order valence-electron chi connectivity index (χ1n) is 9.17. The van der Waals surface area contributed by atoms with Crippen LogP contribution >= 0.6 is 0 Å². The van der Waals surface area contributed by atoms with Crippen molar-refractivity contribution in [2.75, 3.05) is 46.0 Å². The van der Waals surface area contributed by atoms with Crippen LogP contribution in [-0.2, 0) is 20.8 Å². The Kier molecular flexibility index (Phi) is 6.63. The number of hydrogen-bond donors (Lipinski definition) is 1. The molecule has 8 heteroatoms. The zero-order valence-corrected chi connectivity index (χ0v) is 15.2. The van der Waals surface area contributed by atoms with E-state index in [1.165, 1.54) is 4.90 Å². The Labute approximate surface area is 158 Å². The highest BCUT2D eigenvalue weighted by atomic mass is 16.6. The number of hydrogen-bond acceptors (Lipinski definition) is 6. The summed E-state index contributed by atoms with van der Waals surface area (Å²) in [6, 6.07) is 8.42. The number of nitriles is 1. The van der Waals surface area contributed by atoms with Gasteiger partial charge in [0, 0.05) is 19.6 Å². The van der Waals surface area contributed by atoms with Crippen LogP contribution in [0, 0.1) is 11.3 Å². The summed E-state index contributed by atoms with van der Waals surface area (Å²) in [5, 5.41) is 11.9. The number of nitrogens with one attached hydrogen (secondary N) is 1. The molecule has 0 saturated carbocycles. The minimum Gasteiger partial charge on any atom is -0.447 e. The van der Waals surface area contributed by atoms with Gasteiger partial charge in [-0.25, -0.2) is 4.79 Å².